The summed E-state index contributed by atoms with van der Waals surface area (Å²) in [7, 11) is 0. The molecule has 2 heterocycles. The number of rotatable bonds is 5. The first-order valence-electron chi connectivity index (χ1n) is 12.6. The van der Waals surface area contributed by atoms with Crippen molar-refractivity contribution < 1.29 is 19.3 Å². The molecule has 0 bridgehead atoms. The number of carbonyl (C=O) groups excluding carboxylic acids is 3. The van der Waals surface area contributed by atoms with E-state index >= 15 is 0 Å². The van der Waals surface area contributed by atoms with Crippen LogP contribution in [0.15, 0.2) is 18.2 Å². The number of urea groups is 1. The Morgan fingerprint density at radius 1 is 1.14 bits per heavy atom. The van der Waals surface area contributed by atoms with Crippen LogP contribution in [0.3, 0.4) is 0 Å². The molecule has 35 heavy (non-hydrogen) atoms. The maximum Gasteiger partial charge on any atom is 0.321 e. The fourth-order valence-electron chi connectivity index (χ4n) is 6.21. The third-order valence-corrected chi connectivity index (χ3v) is 8.46. The summed E-state index contributed by atoms with van der Waals surface area (Å²) in [6.45, 7) is 8.18. The highest BCUT2D eigenvalue weighted by atomic mass is 16.6. The first-order chi connectivity index (χ1) is 16.6. The van der Waals surface area contributed by atoms with Gasteiger partial charge in [-0.15, -0.1) is 0 Å². The number of anilines is 1. The molecule has 9 nitrogen and oxygen atoms in total. The quantitative estimate of drug-likeness (QED) is 0.506. The largest absolute Gasteiger partial charge is 0.342 e. The van der Waals surface area contributed by atoms with Gasteiger partial charge in [0.2, 0.25) is 12.5 Å². The van der Waals surface area contributed by atoms with Crippen molar-refractivity contribution in [3.8, 4) is 0 Å². The minimum Gasteiger partial charge on any atom is -0.342 e. The molecule has 1 aromatic carbocycles. The van der Waals surface area contributed by atoms with E-state index in [1.807, 2.05) is 48.8 Å². The van der Waals surface area contributed by atoms with Gasteiger partial charge in [0.1, 0.15) is 5.78 Å². The third-order valence-electron chi connectivity index (χ3n) is 8.46. The lowest BCUT2D eigenvalue weighted by atomic mass is 9.78. The summed E-state index contributed by atoms with van der Waals surface area (Å²) >= 11 is 0. The van der Waals surface area contributed by atoms with E-state index in [0.717, 1.165) is 36.1 Å². The highest BCUT2D eigenvalue weighted by molar-refractivity contribution is 5.90. The normalized spacial score (nSPS) is 25.8. The van der Waals surface area contributed by atoms with E-state index in [1.54, 1.807) is 0 Å². The highest BCUT2D eigenvalue weighted by Gasteiger charge is 2.47. The zero-order valence-corrected chi connectivity index (χ0v) is 20.9. The summed E-state index contributed by atoms with van der Waals surface area (Å²) in [5, 5.41) is 14.1. The minimum atomic E-state index is -0.546. The molecule has 2 saturated heterocycles. The van der Waals surface area contributed by atoms with Crippen LogP contribution in [-0.4, -0.2) is 65.2 Å². The van der Waals surface area contributed by atoms with Gasteiger partial charge in [0, 0.05) is 61.5 Å². The van der Waals surface area contributed by atoms with Crippen LogP contribution in [-0.2, 0) is 9.59 Å². The van der Waals surface area contributed by atoms with E-state index in [2.05, 4.69) is 5.32 Å². The van der Waals surface area contributed by atoms with Crippen LogP contribution in [0.2, 0.25) is 0 Å². The van der Waals surface area contributed by atoms with Crippen LogP contribution in [0.1, 0.15) is 50.2 Å². The predicted octanol–water partition coefficient (Wildman–Crippen LogP) is 3.66. The number of ketones is 1. The predicted molar refractivity (Wildman–Crippen MR) is 132 cm³/mol. The number of likely N-dealkylation sites (tertiary alicyclic amines) is 2. The van der Waals surface area contributed by atoms with Gasteiger partial charge < -0.3 is 15.1 Å². The monoisotopic (exact) mass is 484 g/mol. The molecule has 3 amide bonds. The lowest BCUT2D eigenvalue weighted by Gasteiger charge is -2.39. The smallest absolute Gasteiger partial charge is 0.321 e. The van der Waals surface area contributed by atoms with Crippen molar-refractivity contribution >= 4 is 23.4 Å². The van der Waals surface area contributed by atoms with Crippen LogP contribution < -0.4 is 5.32 Å². The molecular formula is C26H36N4O5. The van der Waals surface area contributed by atoms with Crippen LogP contribution in [0.25, 0.3) is 0 Å². The topological polar surface area (TPSA) is 113 Å². The van der Waals surface area contributed by atoms with Crippen molar-refractivity contribution in [3.63, 3.8) is 0 Å². The van der Waals surface area contributed by atoms with Gasteiger partial charge in [0.25, 0.3) is 0 Å². The first kappa shape index (κ1) is 25.1. The fourth-order valence-corrected chi connectivity index (χ4v) is 6.21. The molecule has 1 aliphatic carbocycles. The lowest BCUT2D eigenvalue weighted by Crippen LogP contribution is -2.46. The van der Waals surface area contributed by atoms with Gasteiger partial charge in [-0.05, 0) is 56.1 Å². The van der Waals surface area contributed by atoms with Crippen LogP contribution in [0.4, 0.5) is 10.5 Å². The molecule has 4 rings (SSSR count). The molecule has 0 aromatic heterocycles. The Bertz CT molecular complexity index is 1020. The molecule has 1 aromatic rings. The Balaban J connectivity index is 1.30. The number of aryl methyl sites for hydroxylation is 2. The number of benzene rings is 1. The van der Waals surface area contributed by atoms with Crippen molar-refractivity contribution in [1.29, 1.82) is 0 Å². The molecule has 2 aliphatic heterocycles. The second kappa shape index (κ2) is 9.95. The number of amides is 3. The number of Topliss-reactive ketones (excluding diaryl/α,β-unsaturated/α-hetero) is 1. The van der Waals surface area contributed by atoms with Gasteiger partial charge in [0.05, 0.1) is 0 Å². The fraction of sp³-hybridized carbons (Fsp3) is 0.654. The van der Waals surface area contributed by atoms with Gasteiger partial charge in [-0.3, -0.25) is 19.7 Å². The number of carbonyl (C=O) groups is 3. The summed E-state index contributed by atoms with van der Waals surface area (Å²) < 4.78 is 0. The van der Waals surface area contributed by atoms with E-state index in [-0.39, 0.29) is 52.9 Å². The molecule has 9 heteroatoms. The zero-order chi connectivity index (χ0) is 25.3. The van der Waals surface area contributed by atoms with Gasteiger partial charge >= 0.3 is 6.03 Å². The summed E-state index contributed by atoms with van der Waals surface area (Å²) in [4.78, 5) is 52.7. The standard InChI is InChI=1S/C26H36N4O5/c1-17-4-5-22(19(3)12-17)27-25(33)28-9-6-26(7-10-28)8-11-29(16-26)24(32)14-20-21(15-30(34)35)18(2)13-23(20)31/h4-5,12,18,20-21H,6-11,13-16H2,1-3H3,(H,27,33)/t18-,20-,21+/m1/s1. The Hall–Kier alpha value is -2.97. The van der Waals surface area contributed by atoms with Crippen LogP contribution >= 0.6 is 0 Å². The van der Waals surface area contributed by atoms with E-state index in [9.17, 15) is 24.5 Å². The van der Waals surface area contributed by atoms with Crippen molar-refractivity contribution in [2.75, 3.05) is 38.0 Å². The summed E-state index contributed by atoms with van der Waals surface area (Å²) in [6.07, 6.45) is 2.95. The van der Waals surface area contributed by atoms with Crippen molar-refractivity contribution in [1.82, 2.24) is 9.80 Å². The zero-order valence-electron chi connectivity index (χ0n) is 20.9. The average Bonchev–Trinajstić information content (AvgIpc) is 3.32. The highest BCUT2D eigenvalue weighted by Crippen LogP contribution is 2.42. The molecule has 0 unspecified atom stereocenters. The second-order valence-electron chi connectivity index (χ2n) is 10.9. The lowest BCUT2D eigenvalue weighted by molar-refractivity contribution is -0.490. The maximum absolute atomic E-state index is 13.1. The number of nitrogens with zero attached hydrogens (tertiary/aromatic N) is 3. The Morgan fingerprint density at radius 3 is 2.43 bits per heavy atom. The van der Waals surface area contributed by atoms with Crippen LogP contribution in [0, 0.1) is 47.1 Å². The number of hydrogen-bond donors (Lipinski definition) is 1. The maximum atomic E-state index is 13.1. The van der Waals surface area contributed by atoms with Gasteiger partial charge in [-0.1, -0.05) is 24.6 Å². The van der Waals surface area contributed by atoms with Gasteiger partial charge in [0.15, 0.2) is 0 Å². The van der Waals surface area contributed by atoms with Crippen molar-refractivity contribution in [2.24, 2.45) is 23.2 Å². The van der Waals surface area contributed by atoms with E-state index in [0.29, 0.717) is 32.6 Å². The molecule has 3 atom stereocenters. The Labute approximate surface area is 206 Å². The number of nitro groups is 1. The SMILES string of the molecule is Cc1ccc(NC(=O)N2CCC3(CCN(C(=O)C[C@H]4C(=O)C[C@@H](C)[C@@H]4C[N+](=O)[O-])C3)CC2)c(C)c1. The van der Waals surface area contributed by atoms with E-state index < -0.39 is 5.92 Å². The number of nitrogens with one attached hydrogen (secondary N) is 1. The summed E-state index contributed by atoms with van der Waals surface area (Å²) in [6, 6.07) is 5.87. The molecule has 1 spiro atoms. The van der Waals surface area contributed by atoms with Gasteiger partial charge in [-0.25, -0.2) is 4.79 Å². The summed E-state index contributed by atoms with van der Waals surface area (Å²) in [5.74, 6) is -1.06. The first-order valence-corrected chi connectivity index (χ1v) is 12.6. The van der Waals surface area contributed by atoms with Crippen molar-refractivity contribution in [2.45, 2.75) is 52.9 Å². The Kier molecular flexibility index (Phi) is 7.15. The molecule has 0 radical (unpaired) electrons. The molecular weight excluding hydrogens is 448 g/mol. The second-order valence-corrected chi connectivity index (χ2v) is 10.9. The third kappa shape index (κ3) is 5.49. The van der Waals surface area contributed by atoms with Crippen molar-refractivity contribution in [3.05, 3.63) is 39.4 Å². The molecule has 3 fully saturated rings. The van der Waals surface area contributed by atoms with E-state index in [4.69, 9.17) is 0 Å². The minimum absolute atomic E-state index is 0.000566. The molecule has 3 aliphatic rings. The number of piperidine rings is 1. The Morgan fingerprint density at radius 2 is 1.80 bits per heavy atom. The molecule has 1 N–H and O–H groups in total. The summed E-state index contributed by atoms with van der Waals surface area (Å²) in [5.41, 5.74) is 3.01. The molecule has 1 saturated carbocycles. The number of hydrogen-bond acceptors (Lipinski definition) is 5. The van der Waals surface area contributed by atoms with Crippen LogP contribution in [0.5, 0.6) is 0 Å². The average molecular weight is 485 g/mol. The van der Waals surface area contributed by atoms with E-state index in [1.165, 1.54) is 0 Å². The molecule has 190 valence electrons. The van der Waals surface area contributed by atoms with Gasteiger partial charge in [-0.2, -0.15) is 0 Å².